The molecule has 0 bridgehead atoms. The van der Waals surface area contributed by atoms with E-state index >= 15 is 0 Å². The third-order valence-electron chi connectivity index (χ3n) is 4.88. The van der Waals surface area contributed by atoms with Crippen LogP contribution in [-0.4, -0.2) is 6.21 Å². The lowest BCUT2D eigenvalue weighted by atomic mass is 9.96. The molecule has 1 aromatic heterocycles. The number of benzene rings is 2. The Morgan fingerprint density at radius 1 is 1.10 bits per heavy atom. The zero-order valence-corrected chi connectivity index (χ0v) is 17.9. The standard InChI is InChI=1S/C23H18Cl2N2OS/c24-17-8-7-16(21(25)11-17)14-28-18-9-5-15(6-10-18)13-27-23-20(12-26)19-3-1-2-4-22(19)29-23/h5-11,13H,1-4,14H2/b27-13+. The van der Waals surface area contributed by atoms with E-state index in [1.54, 1.807) is 29.7 Å². The van der Waals surface area contributed by atoms with Crippen LogP contribution in [-0.2, 0) is 19.4 Å². The number of hydrogen-bond acceptors (Lipinski definition) is 4. The smallest absolute Gasteiger partial charge is 0.134 e. The Balaban J connectivity index is 1.43. The molecule has 0 amide bonds. The van der Waals surface area contributed by atoms with E-state index in [0.717, 1.165) is 46.7 Å². The first-order valence-electron chi connectivity index (χ1n) is 9.39. The molecule has 29 heavy (non-hydrogen) atoms. The fourth-order valence-corrected chi connectivity index (χ4v) is 4.99. The highest BCUT2D eigenvalue weighted by Crippen LogP contribution is 2.39. The Labute approximate surface area is 184 Å². The van der Waals surface area contributed by atoms with Crippen molar-refractivity contribution in [3.63, 3.8) is 0 Å². The van der Waals surface area contributed by atoms with Crippen molar-refractivity contribution < 1.29 is 4.74 Å². The summed E-state index contributed by atoms with van der Waals surface area (Å²) in [7, 11) is 0. The van der Waals surface area contributed by atoms with Gasteiger partial charge < -0.3 is 4.74 Å². The monoisotopic (exact) mass is 440 g/mol. The molecule has 146 valence electrons. The normalized spacial score (nSPS) is 13.3. The summed E-state index contributed by atoms with van der Waals surface area (Å²) in [5.41, 5.74) is 3.80. The molecule has 4 rings (SSSR count). The number of halogens is 2. The van der Waals surface area contributed by atoms with Gasteiger partial charge in [-0.3, -0.25) is 0 Å². The number of hydrogen-bond donors (Lipinski definition) is 0. The maximum absolute atomic E-state index is 9.53. The Morgan fingerprint density at radius 2 is 1.90 bits per heavy atom. The third-order valence-corrected chi connectivity index (χ3v) is 6.67. The Kier molecular flexibility index (Phi) is 6.20. The van der Waals surface area contributed by atoms with Crippen molar-refractivity contribution in [3.05, 3.63) is 79.6 Å². The van der Waals surface area contributed by atoms with Gasteiger partial charge >= 0.3 is 0 Å². The van der Waals surface area contributed by atoms with Crippen LogP contribution < -0.4 is 4.74 Å². The first-order chi connectivity index (χ1) is 14.1. The SMILES string of the molecule is N#Cc1c(/N=C/c2ccc(OCc3ccc(Cl)cc3Cl)cc2)sc2c1CCCC2. The van der Waals surface area contributed by atoms with E-state index in [2.05, 4.69) is 11.1 Å². The van der Waals surface area contributed by atoms with Gasteiger partial charge in [0.15, 0.2) is 0 Å². The average molecular weight is 441 g/mol. The molecule has 0 radical (unpaired) electrons. The van der Waals surface area contributed by atoms with Gasteiger partial charge in [0.1, 0.15) is 23.4 Å². The number of thiophene rings is 1. The highest BCUT2D eigenvalue weighted by molar-refractivity contribution is 7.16. The Hall–Kier alpha value is -2.32. The zero-order valence-electron chi connectivity index (χ0n) is 15.6. The summed E-state index contributed by atoms with van der Waals surface area (Å²) in [4.78, 5) is 5.92. The van der Waals surface area contributed by atoms with Gasteiger partial charge in [0.25, 0.3) is 0 Å². The topological polar surface area (TPSA) is 45.4 Å². The molecule has 0 spiro atoms. The molecule has 3 nitrogen and oxygen atoms in total. The van der Waals surface area contributed by atoms with Crippen molar-refractivity contribution in [2.45, 2.75) is 32.3 Å². The second-order valence-corrected chi connectivity index (χ2v) is 8.78. The molecule has 1 aliphatic carbocycles. The van der Waals surface area contributed by atoms with Crippen molar-refractivity contribution in [3.8, 4) is 11.8 Å². The fourth-order valence-electron chi connectivity index (χ4n) is 3.34. The Morgan fingerprint density at radius 3 is 2.66 bits per heavy atom. The summed E-state index contributed by atoms with van der Waals surface area (Å²) >= 11 is 13.7. The minimum absolute atomic E-state index is 0.371. The fraction of sp³-hybridized carbons (Fsp3) is 0.217. The second kappa shape index (κ2) is 9.00. The predicted octanol–water partition coefficient (Wildman–Crippen LogP) is 7.13. The lowest BCUT2D eigenvalue weighted by molar-refractivity contribution is 0.306. The molecule has 1 heterocycles. The van der Waals surface area contributed by atoms with Crippen LogP contribution in [0.5, 0.6) is 5.75 Å². The minimum atomic E-state index is 0.371. The number of rotatable bonds is 5. The maximum Gasteiger partial charge on any atom is 0.134 e. The van der Waals surface area contributed by atoms with Crippen molar-refractivity contribution in [2.24, 2.45) is 4.99 Å². The van der Waals surface area contributed by atoms with E-state index in [0.29, 0.717) is 16.7 Å². The summed E-state index contributed by atoms with van der Waals surface area (Å²) in [6, 6.07) is 15.4. The van der Waals surface area contributed by atoms with E-state index in [-0.39, 0.29) is 0 Å². The molecule has 0 fully saturated rings. The molecule has 1 aliphatic rings. The van der Waals surface area contributed by atoms with Crippen molar-refractivity contribution in [2.75, 3.05) is 0 Å². The van der Waals surface area contributed by atoms with Gasteiger partial charge in [-0.25, -0.2) is 4.99 Å². The quantitative estimate of drug-likeness (QED) is 0.395. The van der Waals surface area contributed by atoms with Gasteiger partial charge in [-0.15, -0.1) is 11.3 Å². The molecule has 0 aliphatic heterocycles. The van der Waals surface area contributed by atoms with Crippen molar-refractivity contribution in [1.82, 2.24) is 0 Å². The number of aryl methyl sites for hydroxylation is 1. The number of nitrogens with zero attached hydrogens (tertiary/aromatic N) is 2. The summed E-state index contributed by atoms with van der Waals surface area (Å²) in [6.07, 6.45) is 6.22. The van der Waals surface area contributed by atoms with Crippen molar-refractivity contribution in [1.29, 1.82) is 5.26 Å². The second-order valence-electron chi connectivity index (χ2n) is 6.85. The van der Waals surface area contributed by atoms with E-state index in [1.807, 2.05) is 30.3 Å². The molecule has 2 aromatic carbocycles. The molecule has 0 atom stereocenters. The molecule has 0 N–H and O–H groups in total. The molecular formula is C23H18Cl2N2OS. The molecule has 0 saturated carbocycles. The van der Waals surface area contributed by atoms with Crippen LogP contribution in [0.1, 0.15) is 40.0 Å². The lowest BCUT2D eigenvalue weighted by Gasteiger charge is -2.09. The van der Waals surface area contributed by atoms with E-state index < -0.39 is 0 Å². The van der Waals surface area contributed by atoms with Gasteiger partial charge in [0, 0.05) is 26.7 Å². The van der Waals surface area contributed by atoms with Crippen LogP contribution in [0.3, 0.4) is 0 Å². The Bertz CT molecular complexity index is 1100. The molecule has 6 heteroatoms. The lowest BCUT2D eigenvalue weighted by Crippen LogP contribution is -1.99. The summed E-state index contributed by atoms with van der Waals surface area (Å²) < 4.78 is 5.81. The molecular weight excluding hydrogens is 423 g/mol. The van der Waals surface area contributed by atoms with Gasteiger partial charge in [-0.1, -0.05) is 29.3 Å². The van der Waals surface area contributed by atoms with Crippen molar-refractivity contribution >= 4 is 45.8 Å². The van der Waals surface area contributed by atoms with Crippen LogP contribution in [0.4, 0.5) is 5.00 Å². The summed E-state index contributed by atoms with van der Waals surface area (Å²) in [5.74, 6) is 0.748. The average Bonchev–Trinajstić information content (AvgIpc) is 3.10. The van der Waals surface area contributed by atoms with Crippen LogP contribution in [0.15, 0.2) is 47.5 Å². The molecule has 0 unspecified atom stereocenters. The highest BCUT2D eigenvalue weighted by Gasteiger charge is 2.20. The minimum Gasteiger partial charge on any atom is -0.489 e. The number of fused-ring (bicyclic) bond motifs is 1. The zero-order chi connectivity index (χ0) is 20.2. The van der Waals surface area contributed by atoms with Gasteiger partial charge in [0.05, 0.1) is 5.56 Å². The molecule has 0 saturated heterocycles. The van der Waals surface area contributed by atoms with Gasteiger partial charge in [-0.05, 0) is 73.2 Å². The summed E-state index contributed by atoms with van der Waals surface area (Å²) in [6.45, 7) is 0.371. The number of ether oxygens (including phenoxy) is 1. The van der Waals surface area contributed by atoms with E-state index in [4.69, 9.17) is 27.9 Å². The largest absolute Gasteiger partial charge is 0.489 e. The van der Waals surface area contributed by atoms with Crippen LogP contribution in [0.2, 0.25) is 10.0 Å². The first kappa shape index (κ1) is 20.0. The predicted molar refractivity (Wildman–Crippen MR) is 120 cm³/mol. The summed E-state index contributed by atoms with van der Waals surface area (Å²) in [5, 5.41) is 11.5. The van der Waals surface area contributed by atoms with Crippen LogP contribution >= 0.6 is 34.5 Å². The first-order valence-corrected chi connectivity index (χ1v) is 11.0. The molecule has 3 aromatic rings. The van der Waals surface area contributed by atoms with Gasteiger partial charge in [-0.2, -0.15) is 5.26 Å². The number of aliphatic imine (C=N–C) groups is 1. The third kappa shape index (κ3) is 4.64. The van der Waals surface area contributed by atoms with Crippen LogP contribution in [0, 0.1) is 11.3 Å². The van der Waals surface area contributed by atoms with E-state index in [9.17, 15) is 5.26 Å². The number of nitriles is 1. The van der Waals surface area contributed by atoms with Crippen LogP contribution in [0.25, 0.3) is 0 Å². The maximum atomic E-state index is 9.53. The van der Waals surface area contributed by atoms with E-state index in [1.165, 1.54) is 16.9 Å². The van der Waals surface area contributed by atoms with Gasteiger partial charge in [0.2, 0.25) is 0 Å². The highest BCUT2D eigenvalue weighted by atomic mass is 35.5.